The topological polar surface area (TPSA) is 104 Å². The number of piperidine rings is 1. The van der Waals surface area contributed by atoms with Gasteiger partial charge in [-0.3, -0.25) is 19.3 Å². The molecular formula is C24H23Cl2N3O5S2. The third-order valence-electron chi connectivity index (χ3n) is 5.81. The highest BCUT2D eigenvalue weighted by molar-refractivity contribution is 8.18. The molecule has 0 bridgehead atoms. The number of imide groups is 1. The van der Waals surface area contributed by atoms with Crippen LogP contribution in [0.25, 0.3) is 6.08 Å². The third kappa shape index (κ3) is 5.78. The van der Waals surface area contributed by atoms with Crippen molar-refractivity contribution in [3.8, 4) is 0 Å². The lowest BCUT2D eigenvalue weighted by atomic mass is 10.2. The van der Waals surface area contributed by atoms with Crippen LogP contribution >= 0.6 is 35.0 Å². The molecule has 0 aromatic heterocycles. The quantitative estimate of drug-likeness (QED) is 0.489. The van der Waals surface area contributed by atoms with Crippen molar-refractivity contribution in [1.29, 1.82) is 0 Å². The van der Waals surface area contributed by atoms with Gasteiger partial charge in [-0.25, -0.2) is 8.42 Å². The van der Waals surface area contributed by atoms with Gasteiger partial charge in [0, 0.05) is 36.8 Å². The van der Waals surface area contributed by atoms with Crippen LogP contribution in [0, 0.1) is 0 Å². The average Bonchev–Trinajstić information content (AvgIpc) is 3.13. The highest BCUT2D eigenvalue weighted by Gasteiger charge is 2.35. The predicted octanol–water partition coefficient (Wildman–Crippen LogP) is 4.63. The van der Waals surface area contributed by atoms with Gasteiger partial charge in [-0.2, -0.15) is 4.31 Å². The number of sulfonamides is 1. The number of thioether (sulfide) groups is 1. The predicted molar refractivity (Wildman–Crippen MR) is 141 cm³/mol. The average molecular weight is 569 g/mol. The molecule has 2 aromatic carbocycles. The van der Waals surface area contributed by atoms with Crippen molar-refractivity contribution in [2.24, 2.45) is 0 Å². The number of rotatable bonds is 7. The van der Waals surface area contributed by atoms with Crippen molar-refractivity contribution in [3.05, 3.63) is 68.5 Å². The Hall–Kier alpha value is -2.37. The summed E-state index contributed by atoms with van der Waals surface area (Å²) in [6, 6.07) is 11.0. The summed E-state index contributed by atoms with van der Waals surface area (Å²) in [4.78, 5) is 38.9. The van der Waals surface area contributed by atoms with E-state index in [-0.39, 0.29) is 33.5 Å². The van der Waals surface area contributed by atoms with E-state index < -0.39 is 27.1 Å². The first-order chi connectivity index (χ1) is 17.2. The maximum absolute atomic E-state index is 13.0. The van der Waals surface area contributed by atoms with Crippen LogP contribution < -0.4 is 5.32 Å². The number of nitrogens with zero attached hydrogens (tertiary/aromatic N) is 2. The molecule has 0 aliphatic carbocycles. The number of amides is 3. The molecule has 0 spiro atoms. The van der Waals surface area contributed by atoms with E-state index in [1.807, 2.05) is 0 Å². The van der Waals surface area contributed by atoms with Gasteiger partial charge in [0.25, 0.3) is 17.1 Å². The Labute approximate surface area is 223 Å². The molecule has 2 heterocycles. The first-order valence-electron chi connectivity index (χ1n) is 11.3. The summed E-state index contributed by atoms with van der Waals surface area (Å²) in [5.41, 5.74) is 0.735. The Morgan fingerprint density at radius 1 is 1.03 bits per heavy atom. The van der Waals surface area contributed by atoms with Gasteiger partial charge in [-0.1, -0.05) is 47.8 Å². The number of carbonyl (C=O) groups excluding carboxylic acids is 3. The molecule has 0 unspecified atom stereocenters. The second kappa shape index (κ2) is 11.4. The van der Waals surface area contributed by atoms with Gasteiger partial charge in [-0.15, -0.1) is 0 Å². The molecular weight excluding hydrogens is 545 g/mol. The van der Waals surface area contributed by atoms with Crippen LogP contribution in [0.3, 0.4) is 0 Å². The van der Waals surface area contributed by atoms with E-state index in [2.05, 4.69) is 5.32 Å². The van der Waals surface area contributed by atoms with E-state index in [4.69, 9.17) is 23.2 Å². The van der Waals surface area contributed by atoms with E-state index in [0.29, 0.717) is 23.7 Å². The van der Waals surface area contributed by atoms with Crippen LogP contribution in [0.5, 0.6) is 0 Å². The van der Waals surface area contributed by atoms with Crippen LogP contribution in [0.1, 0.15) is 35.2 Å². The molecule has 190 valence electrons. The second-order valence-electron chi connectivity index (χ2n) is 8.22. The minimum absolute atomic E-state index is 0.00686. The van der Waals surface area contributed by atoms with E-state index in [1.54, 1.807) is 30.3 Å². The number of hydrogen-bond acceptors (Lipinski definition) is 6. The second-order valence-corrected chi connectivity index (χ2v) is 11.9. The molecule has 8 nitrogen and oxygen atoms in total. The summed E-state index contributed by atoms with van der Waals surface area (Å²) in [5, 5.41) is 2.68. The zero-order valence-corrected chi connectivity index (χ0v) is 22.2. The molecule has 2 fully saturated rings. The molecule has 3 amide bonds. The van der Waals surface area contributed by atoms with Gasteiger partial charge in [0.1, 0.15) is 4.90 Å². The highest BCUT2D eigenvalue weighted by atomic mass is 35.5. The molecule has 0 radical (unpaired) electrons. The molecule has 2 aliphatic rings. The van der Waals surface area contributed by atoms with Crippen LogP contribution in [0.15, 0.2) is 52.3 Å². The third-order valence-corrected chi connectivity index (χ3v) is 9.44. The Kier molecular flexibility index (Phi) is 8.41. The van der Waals surface area contributed by atoms with Gasteiger partial charge >= 0.3 is 0 Å². The number of halogens is 2. The zero-order chi connectivity index (χ0) is 25.9. The SMILES string of the molecule is O=C(NCCN1C(=O)S/C(=C/c2ccccc2Cl)C1=O)c1ccc(Cl)c(S(=O)(=O)N2CCCCC2)c1. The summed E-state index contributed by atoms with van der Waals surface area (Å²) in [5.74, 6) is -1.01. The number of benzene rings is 2. The molecule has 0 saturated carbocycles. The monoisotopic (exact) mass is 567 g/mol. The fourth-order valence-electron chi connectivity index (χ4n) is 3.90. The Balaban J connectivity index is 1.40. The molecule has 2 saturated heterocycles. The largest absolute Gasteiger partial charge is 0.350 e. The standard InChI is InChI=1S/C24H23Cl2N3O5S2/c25-18-7-3-2-6-16(18)14-20-23(31)29(24(32)35-20)13-10-27-22(30)17-8-9-19(26)21(15-17)36(33,34)28-11-4-1-5-12-28/h2-3,6-9,14-15H,1,4-5,10-13H2,(H,27,30)/b20-14+. The molecule has 4 rings (SSSR count). The Morgan fingerprint density at radius 2 is 1.75 bits per heavy atom. The Bertz CT molecular complexity index is 1340. The summed E-state index contributed by atoms with van der Waals surface area (Å²) in [7, 11) is -3.83. The molecule has 12 heteroatoms. The van der Waals surface area contributed by atoms with Crippen molar-refractivity contribution in [2.75, 3.05) is 26.2 Å². The van der Waals surface area contributed by atoms with Gasteiger partial charge < -0.3 is 5.32 Å². The van der Waals surface area contributed by atoms with Gasteiger partial charge in [0.2, 0.25) is 10.0 Å². The number of hydrogen-bond donors (Lipinski definition) is 1. The maximum atomic E-state index is 13.0. The molecule has 0 atom stereocenters. The van der Waals surface area contributed by atoms with Crippen LogP contribution in [0.2, 0.25) is 10.0 Å². The van der Waals surface area contributed by atoms with Crippen LogP contribution in [-0.4, -0.2) is 60.9 Å². The van der Waals surface area contributed by atoms with E-state index in [0.717, 1.165) is 35.9 Å². The van der Waals surface area contributed by atoms with E-state index >= 15 is 0 Å². The molecule has 1 N–H and O–H groups in total. The minimum Gasteiger partial charge on any atom is -0.350 e. The molecule has 2 aromatic rings. The van der Waals surface area contributed by atoms with Crippen molar-refractivity contribution in [3.63, 3.8) is 0 Å². The first-order valence-corrected chi connectivity index (χ1v) is 14.3. The smallest absolute Gasteiger partial charge is 0.293 e. The number of carbonyl (C=O) groups is 3. The van der Waals surface area contributed by atoms with Crippen molar-refractivity contribution in [2.45, 2.75) is 24.2 Å². The first kappa shape index (κ1) is 26.7. The minimum atomic E-state index is -3.83. The van der Waals surface area contributed by atoms with Crippen molar-refractivity contribution >= 4 is 68.1 Å². The number of nitrogens with one attached hydrogen (secondary N) is 1. The fourth-order valence-corrected chi connectivity index (χ4v) is 6.96. The highest BCUT2D eigenvalue weighted by Crippen LogP contribution is 2.33. The zero-order valence-electron chi connectivity index (χ0n) is 19.1. The molecule has 36 heavy (non-hydrogen) atoms. The van der Waals surface area contributed by atoms with E-state index in [1.165, 1.54) is 22.5 Å². The fraction of sp³-hybridized carbons (Fsp3) is 0.292. The lowest BCUT2D eigenvalue weighted by Gasteiger charge is -2.26. The summed E-state index contributed by atoms with van der Waals surface area (Å²) >= 11 is 13.1. The summed E-state index contributed by atoms with van der Waals surface area (Å²) < 4.78 is 27.5. The van der Waals surface area contributed by atoms with Crippen LogP contribution in [0.4, 0.5) is 4.79 Å². The normalized spacial score (nSPS) is 18.2. The Morgan fingerprint density at radius 3 is 2.47 bits per heavy atom. The van der Waals surface area contributed by atoms with Crippen molar-refractivity contribution < 1.29 is 22.8 Å². The van der Waals surface area contributed by atoms with Crippen molar-refractivity contribution in [1.82, 2.24) is 14.5 Å². The van der Waals surface area contributed by atoms with Gasteiger partial charge in [-0.05, 0) is 60.5 Å². The van der Waals surface area contributed by atoms with E-state index in [9.17, 15) is 22.8 Å². The lowest BCUT2D eigenvalue weighted by Crippen LogP contribution is -2.37. The summed E-state index contributed by atoms with van der Waals surface area (Å²) in [6.45, 7) is 0.783. The van der Waals surface area contributed by atoms with Gasteiger partial charge in [0.05, 0.1) is 9.93 Å². The van der Waals surface area contributed by atoms with Crippen LogP contribution in [-0.2, 0) is 14.8 Å². The summed E-state index contributed by atoms with van der Waals surface area (Å²) in [6.07, 6.45) is 4.08. The molecule has 2 aliphatic heterocycles. The maximum Gasteiger partial charge on any atom is 0.293 e. The lowest BCUT2D eigenvalue weighted by molar-refractivity contribution is -0.122. The van der Waals surface area contributed by atoms with Gasteiger partial charge in [0.15, 0.2) is 0 Å².